The second-order valence-corrected chi connectivity index (χ2v) is 6.17. The molecule has 28 heavy (non-hydrogen) atoms. The Morgan fingerprint density at radius 1 is 1.07 bits per heavy atom. The Kier molecular flexibility index (Phi) is 5.80. The minimum absolute atomic E-state index is 0.0832. The van der Waals surface area contributed by atoms with Gasteiger partial charge in [-0.2, -0.15) is 5.10 Å². The molecule has 146 valence electrons. The number of nitro groups is 2. The number of ether oxygens (including phenoxy) is 1. The molecule has 0 unspecified atom stereocenters. The highest BCUT2D eigenvalue weighted by Crippen LogP contribution is 2.29. The van der Waals surface area contributed by atoms with Gasteiger partial charge in [0.1, 0.15) is 5.69 Å². The molecule has 1 aliphatic rings. The number of nitro benzene ring substituents is 2. The van der Waals surface area contributed by atoms with Crippen molar-refractivity contribution < 1.29 is 14.6 Å². The van der Waals surface area contributed by atoms with E-state index in [4.69, 9.17) is 4.74 Å². The van der Waals surface area contributed by atoms with Crippen LogP contribution in [0.5, 0.6) is 0 Å². The summed E-state index contributed by atoms with van der Waals surface area (Å²) in [7, 11) is 0. The maximum atomic E-state index is 11.2. The van der Waals surface area contributed by atoms with Crippen LogP contribution in [-0.2, 0) is 4.74 Å². The number of hydrogen-bond donors (Lipinski definition) is 1. The fourth-order valence-electron chi connectivity index (χ4n) is 2.82. The van der Waals surface area contributed by atoms with Crippen LogP contribution < -0.4 is 10.3 Å². The van der Waals surface area contributed by atoms with E-state index >= 15 is 0 Å². The van der Waals surface area contributed by atoms with Gasteiger partial charge < -0.3 is 9.64 Å². The second-order valence-electron chi connectivity index (χ2n) is 6.17. The lowest BCUT2D eigenvalue weighted by molar-refractivity contribution is -0.393. The molecular formula is C18H19N5O5. The molecule has 1 fully saturated rings. The summed E-state index contributed by atoms with van der Waals surface area (Å²) >= 11 is 0. The number of morpholine rings is 1. The first-order chi connectivity index (χ1) is 13.5. The smallest absolute Gasteiger partial charge is 0.301 e. The molecule has 1 aliphatic heterocycles. The van der Waals surface area contributed by atoms with Gasteiger partial charge in [0, 0.05) is 24.8 Å². The average molecular weight is 385 g/mol. The Labute approximate surface area is 160 Å². The summed E-state index contributed by atoms with van der Waals surface area (Å²) in [6.45, 7) is 4.88. The van der Waals surface area contributed by atoms with Gasteiger partial charge in [-0.15, -0.1) is 0 Å². The van der Waals surface area contributed by atoms with E-state index in [1.165, 1.54) is 12.1 Å². The third-order valence-corrected chi connectivity index (χ3v) is 4.39. The van der Waals surface area contributed by atoms with Crippen molar-refractivity contribution in [1.29, 1.82) is 0 Å². The van der Waals surface area contributed by atoms with E-state index in [1.807, 2.05) is 24.3 Å². The minimum atomic E-state index is -0.683. The topological polar surface area (TPSA) is 123 Å². The van der Waals surface area contributed by atoms with Gasteiger partial charge in [-0.3, -0.25) is 25.7 Å². The minimum Gasteiger partial charge on any atom is -0.378 e. The normalized spacial score (nSPS) is 14.6. The van der Waals surface area contributed by atoms with Gasteiger partial charge in [-0.05, 0) is 30.7 Å². The zero-order chi connectivity index (χ0) is 20.1. The van der Waals surface area contributed by atoms with Crippen LogP contribution in [-0.4, -0.2) is 41.9 Å². The zero-order valence-electron chi connectivity index (χ0n) is 15.2. The largest absolute Gasteiger partial charge is 0.378 e. The number of hydrogen-bond acceptors (Lipinski definition) is 8. The molecule has 0 amide bonds. The van der Waals surface area contributed by atoms with E-state index in [0.717, 1.165) is 30.4 Å². The SMILES string of the molecule is C/C(=N\Nc1ccc([N+](=O)[O-])cc1[N+](=O)[O-])c1ccc(N2CCOCC2)cc1. The monoisotopic (exact) mass is 385 g/mol. The van der Waals surface area contributed by atoms with Crippen molar-refractivity contribution in [1.82, 2.24) is 0 Å². The summed E-state index contributed by atoms with van der Waals surface area (Å²) in [5, 5.41) is 26.2. The fourth-order valence-corrected chi connectivity index (χ4v) is 2.82. The first-order valence-corrected chi connectivity index (χ1v) is 8.62. The highest BCUT2D eigenvalue weighted by Gasteiger charge is 2.19. The summed E-state index contributed by atoms with van der Waals surface area (Å²) in [5.74, 6) is 0. The maximum Gasteiger partial charge on any atom is 0.301 e. The Morgan fingerprint density at radius 2 is 1.75 bits per heavy atom. The second kappa shape index (κ2) is 8.44. The van der Waals surface area contributed by atoms with Gasteiger partial charge in [0.2, 0.25) is 0 Å². The van der Waals surface area contributed by atoms with Gasteiger partial charge in [0.25, 0.3) is 5.69 Å². The standard InChI is InChI=1S/C18H19N5O5/c1-13(14-2-4-15(5-3-14)21-8-10-28-11-9-21)19-20-17-7-6-16(22(24)25)12-18(17)23(26)27/h2-7,12,20H,8-11H2,1H3/b19-13+. The third-order valence-electron chi connectivity index (χ3n) is 4.39. The van der Waals surface area contributed by atoms with Crippen LogP contribution in [0.1, 0.15) is 12.5 Å². The molecule has 0 aromatic heterocycles. The number of nitrogens with zero attached hydrogens (tertiary/aromatic N) is 4. The van der Waals surface area contributed by atoms with Crippen molar-refractivity contribution in [2.24, 2.45) is 5.10 Å². The van der Waals surface area contributed by atoms with Crippen molar-refractivity contribution in [2.75, 3.05) is 36.6 Å². The molecule has 1 heterocycles. The molecule has 0 radical (unpaired) electrons. The van der Waals surface area contributed by atoms with Crippen LogP contribution in [0.3, 0.4) is 0 Å². The molecule has 0 bridgehead atoms. The van der Waals surface area contributed by atoms with E-state index in [2.05, 4.69) is 15.4 Å². The quantitative estimate of drug-likeness (QED) is 0.460. The summed E-state index contributed by atoms with van der Waals surface area (Å²) in [6.07, 6.45) is 0. The molecule has 10 heteroatoms. The van der Waals surface area contributed by atoms with Gasteiger partial charge in [0.15, 0.2) is 0 Å². The van der Waals surface area contributed by atoms with E-state index in [-0.39, 0.29) is 11.4 Å². The van der Waals surface area contributed by atoms with Crippen molar-refractivity contribution in [3.63, 3.8) is 0 Å². The van der Waals surface area contributed by atoms with Gasteiger partial charge in [0.05, 0.1) is 34.8 Å². The highest BCUT2D eigenvalue weighted by atomic mass is 16.6. The predicted octanol–water partition coefficient (Wildman–Crippen LogP) is 3.18. The molecule has 0 saturated carbocycles. The summed E-state index contributed by atoms with van der Waals surface area (Å²) in [6, 6.07) is 11.2. The molecule has 1 saturated heterocycles. The number of rotatable bonds is 6. The molecule has 0 aliphatic carbocycles. The zero-order valence-corrected chi connectivity index (χ0v) is 15.2. The number of hydrazone groups is 1. The molecule has 0 spiro atoms. The predicted molar refractivity (Wildman–Crippen MR) is 105 cm³/mol. The Morgan fingerprint density at radius 3 is 2.36 bits per heavy atom. The molecule has 10 nitrogen and oxygen atoms in total. The summed E-state index contributed by atoms with van der Waals surface area (Å²) in [5.41, 5.74) is 4.54. The number of nitrogens with one attached hydrogen (secondary N) is 1. The van der Waals surface area contributed by atoms with E-state index in [0.29, 0.717) is 18.9 Å². The fraction of sp³-hybridized carbons (Fsp3) is 0.278. The molecule has 0 atom stereocenters. The van der Waals surface area contributed by atoms with E-state index < -0.39 is 15.5 Å². The first kappa shape index (κ1) is 19.2. The van der Waals surface area contributed by atoms with Crippen LogP contribution >= 0.6 is 0 Å². The molecular weight excluding hydrogens is 366 g/mol. The van der Waals surface area contributed by atoms with Crippen LogP contribution in [0, 0.1) is 20.2 Å². The van der Waals surface area contributed by atoms with Crippen LogP contribution in [0.25, 0.3) is 0 Å². The highest BCUT2D eigenvalue weighted by molar-refractivity contribution is 5.99. The van der Waals surface area contributed by atoms with Gasteiger partial charge >= 0.3 is 5.69 Å². The lowest BCUT2D eigenvalue weighted by Gasteiger charge is -2.28. The van der Waals surface area contributed by atoms with E-state index in [9.17, 15) is 20.2 Å². The molecule has 3 rings (SSSR count). The average Bonchev–Trinajstić information content (AvgIpc) is 2.72. The van der Waals surface area contributed by atoms with E-state index in [1.54, 1.807) is 6.92 Å². The van der Waals surface area contributed by atoms with Crippen molar-refractivity contribution in [3.8, 4) is 0 Å². The lowest BCUT2D eigenvalue weighted by atomic mass is 10.1. The lowest BCUT2D eigenvalue weighted by Crippen LogP contribution is -2.36. The maximum absolute atomic E-state index is 11.2. The summed E-state index contributed by atoms with van der Waals surface area (Å²) < 4.78 is 5.35. The first-order valence-electron chi connectivity index (χ1n) is 8.62. The molecule has 1 N–H and O–H groups in total. The third kappa shape index (κ3) is 4.41. The Balaban J connectivity index is 1.75. The number of anilines is 2. The van der Waals surface area contributed by atoms with Crippen molar-refractivity contribution >= 4 is 28.5 Å². The van der Waals surface area contributed by atoms with Crippen LogP contribution in [0.2, 0.25) is 0 Å². The van der Waals surface area contributed by atoms with Gasteiger partial charge in [-0.1, -0.05) is 12.1 Å². The van der Waals surface area contributed by atoms with Crippen molar-refractivity contribution in [2.45, 2.75) is 6.92 Å². The Hall–Kier alpha value is -3.53. The van der Waals surface area contributed by atoms with Crippen LogP contribution in [0.4, 0.5) is 22.7 Å². The summed E-state index contributed by atoms with van der Waals surface area (Å²) in [4.78, 5) is 22.9. The Bertz CT molecular complexity index is 907. The van der Waals surface area contributed by atoms with Gasteiger partial charge in [-0.25, -0.2) is 0 Å². The number of non-ortho nitro benzene ring substituents is 1. The van der Waals surface area contributed by atoms with Crippen LogP contribution in [0.15, 0.2) is 47.6 Å². The number of benzene rings is 2. The molecule has 2 aromatic carbocycles. The van der Waals surface area contributed by atoms with Crippen molar-refractivity contribution in [3.05, 3.63) is 68.3 Å². The molecule has 2 aromatic rings.